The summed E-state index contributed by atoms with van der Waals surface area (Å²) >= 11 is 1.81. The van der Waals surface area contributed by atoms with Gasteiger partial charge in [-0.2, -0.15) is 0 Å². The standard InChI is InChI=1S/C17H14IOS/c1-2-5-14(6-3-1)13-19-16-10-8-15(9-11-16)18-17-7-4-12-20-17/h1-12H,13H2/q+1. The van der Waals surface area contributed by atoms with Crippen LogP contribution in [-0.2, 0) is 6.61 Å². The Balaban J connectivity index is 1.59. The maximum absolute atomic E-state index is 5.80. The number of benzene rings is 2. The Morgan fingerprint density at radius 2 is 1.65 bits per heavy atom. The minimum absolute atomic E-state index is 0.0379. The molecule has 3 aromatic rings. The van der Waals surface area contributed by atoms with E-state index in [4.69, 9.17) is 4.74 Å². The van der Waals surface area contributed by atoms with E-state index in [1.54, 1.807) is 0 Å². The highest BCUT2D eigenvalue weighted by atomic mass is 127. The Bertz CT molecular complexity index is 633. The summed E-state index contributed by atoms with van der Waals surface area (Å²) in [5, 5.41) is 2.15. The van der Waals surface area contributed by atoms with Crippen molar-refractivity contribution in [3.63, 3.8) is 0 Å². The maximum Gasteiger partial charge on any atom is 0.369 e. The van der Waals surface area contributed by atoms with Gasteiger partial charge >= 0.3 is 21.2 Å². The molecule has 0 N–H and O–H groups in total. The highest BCUT2D eigenvalue weighted by molar-refractivity contribution is 7.07. The Hall–Kier alpha value is -1.33. The van der Waals surface area contributed by atoms with Gasteiger partial charge in [0.2, 0.25) is 2.88 Å². The summed E-state index contributed by atoms with van der Waals surface area (Å²) in [4.78, 5) is 0. The average Bonchev–Trinajstić information content (AvgIpc) is 3.01. The normalized spacial score (nSPS) is 10.4. The van der Waals surface area contributed by atoms with E-state index in [9.17, 15) is 0 Å². The lowest BCUT2D eigenvalue weighted by Crippen LogP contribution is -3.61. The van der Waals surface area contributed by atoms with Crippen molar-refractivity contribution in [2.24, 2.45) is 0 Å². The lowest BCUT2D eigenvalue weighted by Gasteiger charge is -2.05. The summed E-state index contributed by atoms with van der Waals surface area (Å²) in [6.07, 6.45) is 0. The van der Waals surface area contributed by atoms with Gasteiger partial charge in [0.1, 0.15) is 12.4 Å². The molecule has 0 radical (unpaired) electrons. The van der Waals surface area contributed by atoms with Crippen LogP contribution in [0.15, 0.2) is 72.1 Å². The van der Waals surface area contributed by atoms with Gasteiger partial charge in [0.25, 0.3) is 0 Å². The van der Waals surface area contributed by atoms with Gasteiger partial charge in [0.05, 0.1) is 0 Å². The maximum atomic E-state index is 5.80. The zero-order valence-corrected chi connectivity index (χ0v) is 13.8. The molecule has 3 heteroatoms. The van der Waals surface area contributed by atoms with Crippen molar-refractivity contribution in [3.05, 3.63) is 84.1 Å². The Kier molecular flexibility index (Phi) is 4.71. The van der Waals surface area contributed by atoms with Gasteiger partial charge in [-0.25, -0.2) is 0 Å². The van der Waals surface area contributed by atoms with Gasteiger partial charge in [-0.1, -0.05) is 41.7 Å². The van der Waals surface area contributed by atoms with E-state index in [0.29, 0.717) is 6.61 Å². The molecule has 0 amide bonds. The fraction of sp³-hybridized carbons (Fsp3) is 0.0588. The first-order valence-electron chi connectivity index (χ1n) is 6.35. The van der Waals surface area contributed by atoms with Crippen LogP contribution in [0.5, 0.6) is 5.75 Å². The highest BCUT2D eigenvalue weighted by Gasteiger charge is 2.16. The molecule has 100 valence electrons. The van der Waals surface area contributed by atoms with E-state index in [1.807, 2.05) is 29.5 Å². The molecule has 0 atom stereocenters. The van der Waals surface area contributed by atoms with Crippen LogP contribution in [0.25, 0.3) is 0 Å². The molecule has 3 rings (SSSR count). The van der Waals surface area contributed by atoms with Crippen LogP contribution in [0.3, 0.4) is 0 Å². The molecule has 2 aromatic carbocycles. The molecular weight excluding hydrogens is 379 g/mol. The quantitative estimate of drug-likeness (QED) is 0.597. The minimum Gasteiger partial charge on any atom is -0.489 e. The molecule has 0 aliphatic rings. The molecule has 0 fully saturated rings. The molecule has 0 bridgehead atoms. The Labute approximate surface area is 133 Å². The van der Waals surface area contributed by atoms with Crippen LogP contribution >= 0.6 is 11.3 Å². The number of halogens is 1. The van der Waals surface area contributed by atoms with Crippen molar-refractivity contribution in [2.45, 2.75) is 6.61 Å². The average molecular weight is 393 g/mol. The van der Waals surface area contributed by atoms with Crippen molar-refractivity contribution < 1.29 is 25.9 Å². The van der Waals surface area contributed by atoms with E-state index in [-0.39, 0.29) is 21.2 Å². The molecule has 1 nitrogen and oxygen atoms in total. The largest absolute Gasteiger partial charge is 0.489 e. The summed E-state index contributed by atoms with van der Waals surface area (Å²) < 4.78 is 8.73. The monoisotopic (exact) mass is 393 g/mol. The molecule has 0 unspecified atom stereocenters. The fourth-order valence-electron chi connectivity index (χ4n) is 1.75. The first-order chi connectivity index (χ1) is 9.90. The molecular formula is C17H14IOS+. The number of thiophene rings is 1. The highest BCUT2D eigenvalue weighted by Crippen LogP contribution is 2.11. The molecule has 0 spiro atoms. The van der Waals surface area contributed by atoms with Crippen molar-refractivity contribution >= 4 is 11.3 Å². The summed E-state index contributed by atoms with van der Waals surface area (Å²) in [6.45, 7) is 0.625. The smallest absolute Gasteiger partial charge is 0.369 e. The Morgan fingerprint density at radius 1 is 0.850 bits per heavy atom. The predicted octanol–water partition coefficient (Wildman–Crippen LogP) is 1.46. The summed E-state index contributed by atoms with van der Waals surface area (Å²) in [5.41, 5.74) is 1.20. The topological polar surface area (TPSA) is 9.23 Å². The molecule has 0 aliphatic carbocycles. The lowest BCUT2D eigenvalue weighted by atomic mass is 10.2. The van der Waals surface area contributed by atoms with Crippen molar-refractivity contribution in [2.75, 3.05) is 0 Å². The van der Waals surface area contributed by atoms with E-state index < -0.39 is 0 Å². The van der Waals surface area contributed by atoms with E-state index >= 15 is 0 Å². The lowest BCUT2D eigenvalue weighted by molar-refractivity contribution is -0.591. The van der Waals surface area contributed by atoms with Gasteiger partial charge in [-0.3, -0.25) is 0 Å². The second kappa shape index (κ2) is 6.90. The van der Waals surface area contributed by atoms with Crippen LogP contribution in [-0.4, -0.2) is 0 Å². The second-order valence-electron chi connectivity index (χ2n) is 4.24. The van der Waals surface area contributed by atoms with Gasteiger partial charge in [0, 0.05) is 6.07 Å². The predicted molar refractivity (Wildman–Crippen MR) is 78.9 cm³/mol. The molecule has 0 saturated heterocycles. The first-order valence-corrected chi connectivity index (χ1v) is 9.39. The van der Waals surface area contributed by atoms with Crippen LogP contribution in [0.2, 0.25) is 0 Å². The summed E-state index contributed by atoms with van der Waals surface area (Å²) in [6, 6.07) is 23.1. The van der Waals surface area contributed by atoms with Gasteiger partial charge in [-0.15, -0.1) is 0 Å². The van der Waals surface area contributed by atoms with Gasteiger partial charge < -0.3 is 4.74 Å². The number of hydrogen-bond acceptors (Lipinski definition) is 2. The molecule has 1 aromatic heterocycles. The third kappa shape index (κ3) is 3.84. The molecule has 20 heavy (non-hydrogen) atoms. The summed E-state index contributed by atoms with van der Waals surface area (Å²) in [7, 11) is 0. The van der Waals surface area contributed by atoms with Crippen molar-refractivity contribution in [1.29, 1.82) is 0 Å². The van der Waals surface area contributed by atoms with Crippen LogP contribution in [0.1, 0.15) is 5.56 Å². The minimum atomic E-state index is -0.0379. The number of ether oxygens (including phenoxy) is 1. The third-order valence-corrected chi connectivity index (χ3v) is 6.92. The van der Waals surface area contributed by atoms with Crippen LogP contribution < -0.4 is 25.9 Å². The fourth-order valence-corrected chi connectivity index (χ4v) is 5.38. The van der Waals surface area contributed by atoms with Gasteiger partial charge in [-0.05, 0) is 41.3 Å². The van der Waals surface area contributed by atoms with E-state index in [1.165, 1.54) is 12.0 Å². The van der Waals surface area contributed by atoms with Crippen LogP contribution in [0.4, 0.5) is 0 Å². The van der Waals surface area contributed by atoms with E-state index in [0.717, 1.165) is 5.75 Å². The zero-order valence-electron chi connectivity index (χ0n) is 10.8. The zero-order chi connectivity index (χ0) is 13.6. The molecule has 1 heterocycles. The molecule has 0 aliphatic heterocycles. The number of hydrogen-bond donors (Lipinski definition) is 0. The molecule has 0 saturated carbocycles. The number of rotatable bonds is 5. The van der Waals surface area contributed by atoms with E-state index in [2.05, 4.69) is 53.9 Å². The SMILES string of the molecule is c1ccc(COc2ccc([I+]c3cccs3)cc2)cc1. The Morgan fingerprint density at radius 3 is 2.35 bits per heavy atom. The van der Waals surface area contributed by atoms with Gasteiger partial charge in [0.15, 0.2) is 3.57 Å². The second-order valence-corrected chi connectivity index (χ2v) is 8.87. The van der Waals surface area contributed by atoms with Crippen LogP contribution in [0, 0.1) is 6.45 Å². The third-order valence-electron chi connectivity index (χ3n) is 2.75. The van der Waals surface area contributed by atoms with Crippen molar-refractivity contribution in [1.82, 2.24) is 0 Å². The van der Waals surface area contributed by atoms with Crippen molar-refractivity contribution in [3.8, 4) is 5.75 Å². The summed E-state index contributed by atoms with van der Waals surface area (Å²) in [5.74, 6) is 0.938. The first kappa shape index (κ1) is 13.6.